The van der Waals surface area contributed by atoms with Crippen molar-refractivity contribution in [3.63, 3.8) is 0 Å². The number of carbonyl (C=O) groups is 1. The van der Waals surface area contributed by atoms with Gasteiger partial charge < -0.3 is 4.80 Å². The van der Waals surface area contributed by atoms with Gasteiger partial charge in [0.1, 0.15) is 0 Å². The van der Waals surface area contributed by atoms with E-state index < -0.39 is 8.32 Å². The van der Waals surface area contributed by atoms with E-state index in [0.717, 1.165) is 41.3 Å². The Morgan fingerprint density at radius 3 is 2.31 bits per heavy atom. The van der Waals surface area contributed by atoms with E-state index >= 15 is 0 Å². The van der Waals surface area contributed by atoms with E-state index in [1.807, 2.05) is 44.3 Å². The van der Waals surface area contributed by atoms with E-state index in [4.69, 9.17) is 4.99 Å². The Bertz CT molecular complexity index is 790. The molecule has 1 fully saturated rings. The highest BCUT2D eigenvalue weighted by atomic mass is 79.9. The van der Waals surface area contributed by atoms with E-state index in [2.05, 4.69) is 41.9 Å². The summed E-state index contributed by atoms with van der Waals surface area (Å²) in [6.45, 7) is 10.8. The fraction of sp³-hybridized carbons (Fsp3) is 0.500. The second kappa shape index (κ2) is 10.1. The number of benzene rings is 1. The Kier molecular flexibility index (Phi) is 8.38. The van der Waals surface area contributed by atoms with Crippen LogP contribution in [0.1, 0.15) is 52.0 Å². The Balaban J connectivity index is 1.96. The summed E-state index contributed by atoms with van der Waals surface area (Å²) < 4.78 is 1.02. The molecule has 0 spiro atoms. The van der Waals surface area contributed by atoms with Crippen LogP contribution in [0.15, 0.2) is 52.0 Å². The van der Waals surface area contributed by atoms with Gasteiger partial charge in [-0.05, 0) is 67.4 Å². The van der Waals surface area contributed by atoms with Crippen LogP contribution in [0.3, 0.4) is 0 Å². The van der Waals surface area contributed by atoms with E-state index in [9.17, 15) is 9.59 Å². The molecule has 0 radical (unpaired) electrons. The highest BCUT2D eigenvalue weighted by molar-refractivity contribution is 9.11. The Morgan fingerprint density at radius 1 is 1.21 bits per heavy atom. The molecule has 0 amide bonds. The minimum Gasteiger partial charge on any atom is -0.432 e. The van der Waals surface area contributed by atoms with E-state index in [0.29, 0.717) is 6.54 Å². The van der Waals surface area contributed by atoms with Crippen LogP contribution >= 0.6 is 15.9 Å². The molecule has 29 heavy (non-hydrogen) atoms. The Hall–Kier alpha value is -1.30. The number of carbonyl (C=O) groups excluding carboxylic acids is 1. The van der Waals surface area contributed by atoms with E-state index in [1.54, 1.807) is 6.08 Å². The van der Waals surface area contributed by atoms with Crippen LogP contribution < -0.4 is 0 Å². The first kappa shape index (κ1) is 24.0. The molecule has 0 atom stereocenters. The molecule has 1 saturated carbocycles. The number of halogens is 1. The molecular weight excluding hydrogens is 442 g/mol. The van der Waals surface area contributed by atoms with Gasteiger partial charge in [-0.15, -0.1) is 0 Å². The van der Waals surface area contributed by atoms with Crippen LogP contribution in [0, 0.1) is 5.92 Å². The standard InChI is InChI=1S/C24H34BrNO2Si/c1-18(25)22(19-9-7-6-8-10-19)15-16-23(27)20-11-13-21(14-12-20)26-17-24(2,3)29(4,5)28/h6-10,15-16,20,28H,11-14,17H2,1-5H3/b16-15+,22-18+,26-21?. The van der Waals surface area contributed by atoms with Crippen molar-refractivity contribution in [1.82, 2.24) is 0 Å². The highest BCUT2D eigenvalue weighted by Gasteiger charge is 2.38. The van der Waals surface area contributed by atoms with Gasteiger partial charge in [0.2, 0.25) is 0 Å². The maximum Gasteiger partial charge on any atom is 0.189 e. The molecule has 1 aliphatic carbocycles. The zero-order chi connectivity index (χ0) is 21.7. The number of rotatable bonds is 7. The first-order valence-electron chi connectivity index (χ1n) is 10.4. The molecule has 0 heterocycles. The predicted octanol–water partition coefficient (Wildman–Crippen LogP) is 6.55. The molecule has 0 aliphatic heterocycles. The summed E-state index contributed by atoms with van der Waals surface area (Å²) in [6, 6.07) is 10.1. The molecule has 3 nitrogen and oxygen atoms in total. The molecule has 1 aliphatic rings. The van der Waals surface area contributed by atoms with Gasteiger partial charge in [0.15, 0.2) is 14.1 Å². The molecule has 0 unspecified atom stereocenters. The number of hydrogen-bond donors (Lipinski definition) is 1. The Morgan fingerprint density at radius 2 is 1.79 bits per heavy atom. The summed E-state index contributed by atoms with van der Waals surface area (Å²) >= 11 is 3.56. The van der Waals surface area contributed by atoms with Crippen LogP contribution in [0.5, 0.6) is 0 Å². The van der Waals surface area contributed by atoms with Crippen molar-refractivity contribution in [2.24, 2.45) is 10.9 Å². The lowest BCUT2D eigenvalue weighted by atomic mass is 9.84. The zero-order valence-corrected chi connectivity index (χ0v) is 20.9. The van der Waals surface area contributed by atoms with Crippen LogP contribution in [-0.4, -0.2) is 31.2 Å². The van der Waals surface area contributed by atoms with Crippen molar-refractivity contribution in [2.75, 3.05) is 6.54 Å². The van der Waals surface area contributed by atoms with Gasteiger partial charge in [-0.1, -0.05) is 66.2 Å². The smallest absolute Gasteiger partial charge is 0.189 e. The summed E-state index contributed by atoms with van der Waals surface area (Å²) in [5, 5.41) is -0.136. The third-order valence-electron chi connectivity index (χ3n) is 6.19. The number of nitrogens with zero attached hydrogens (tertiary/aromatic N) is 1. The number of allylic oxidation sites excluding steroid dienone is 4. The molecule has 2 rings (SSSR count). The quantitative estimate of drug-likeness (QED) is 0.276. The average molecular weight is 477 g/mol. The third-order valence-corrected chi connectivity index (χ3v) is 10.1. The van der Waals surface area contributed by atoms with Crippen LogP contribution in [0.4, 0.5) is 0 Å². The number of hydrogen-bond acceptors (Lipinski definition) is 3. The van der Waals surface area contributed by atoms with Crippen molar-refractivity contribution in [3.05, 3.63) is 52.5 Å². The molecule has 0 saturated heterocycles. The van der Waals surface area contributed by atoms with Gasteiger partial charge in [0.05, 0.1) is 0 Å². The lowest BCUT2D eigenvalue weighted by Crippen LogP contribution is -2.41. The maximum absolute atomic E-state index is 12.7. The van der Waals surface area contributed by atoms with Gasteiger partial charge in [0.25, 0.3) is 0 Å². The van der Waals surface area contributed by atoms with Gasteiger partial charge in [-0.25, -0.2) is 0 Å². The van der Waals surface area contributed by atoms with Crippen molar-refractivity contribution < 1.29 is 9.59 Å². The molecular formula is C24H34BrNO2Si. The fourth-order valence-electron chi connectivity index (χ4n) is 3.23. The van der Waals surface area contributed by atoms with Crippen molar-refractivity contribution in [3.8, 4) is 0 Å². The average Bonchev–Trinajstić information content (AvgIpc) is 2.66. The molecule has 0 bridgehead atoms. The fourth-order valence-corrected chi connectivity index (χ4v) is 4.05. The van der Waals surface area contributed by atoms with Crippen molar-refractivity contribution in [2.45, 2.75) is 64.6 Å². The minimum absolute atomic E-state index is 0.0783. The van der Waals surface area contributed by atoms with Crippen molar-refractivity contribution >= 4 is 41.3 Å². The first-order chi connectivity index (χ1) is 13.5. The first-order valence-corrected chi connectivity index (χ1v) is 14.1. The molecule has 0 aromatic heterocycles. The number of aliphatic imine (C=N–C) groups is 1. The molecule has 1 aromatic carbocycles. The summed E-state index contributed by atoms with van der Waals surface area (Å²) in [4.78, 5) is 27.9. The lowest BCUT2D eigenvalue weighted by Gasteiger charge is -2.34. The minimum atomic E-state index is -2.24. The summed E-state index contributed by atoms with van der Waals surface area (Å²) in [7, 11) is -2.24. The molecule has 158 valence electrons. The lowest BCUT2D eigenvalue weighted by molar-refractivity contribution is -0.118. The van der Waals surface area contributed by atoms with Gasteiger partial charge in [0, 0.05) is 23.2 Å². The van der Waals surface area contributed by atoms with E-state index in [1.165, 1.54) is 5.71 Å². The summed E-state index contributed by atoms with van der Waals surface area (Å²) in [5.41, 5.74) is 3.34. The van der Waals surface area contributed by atoms with Crippen LogP contribution in [0.25, 0.3) is 5.57 Å². The second-order valence-corrected chi connectivity index (χ2v) is 14.8. The topological polar surface area (TPSA) is 49.7 Å². The number of ketones is 1. The van der Waals surface area contributed by atoms with Crippen LogP contribution in [0.2, 0.25) is 18.1 Å². The normalized spacial score (nSPS) is 19.3. The van der Waals surface area contributed by atoms with Gasteiger partial charge >= 0.3 is 0 Å². The SMILES string of the molecule is C/C(Br)=C(/C=C/C(=O)C1CCC(=NCC(C)(C)[Si](C)(C)O)CC1)c1ccccc1. The highest BCUT2D eigenvalue weighted by Crippen LogP contribution is 2.35. The van der Waals surface area contributed by atoms with E-state index in [-0.39, 0.29) is 16.7 Å². The Labute approximate surface area is 185 Å². The van der Waals surface area contributed by atoms with Gasteiger partial charge in [-0.3, -0.25) is 9.79 Å². The third kappa shape index (κ3) is 6.87. The molecule has 1 aromatic rings. The van der Waals surface area contributed by atoms with Gasteiger partial charge in [-0.2, -0.15) is 0 Å². The predicted molar refractivity (Wildman–Crippen MR) is 130 cm³/mol. The summed E-state index contributed by atoms with van der Waals surface area (Å²) in [6.07, 6.45) is 7.16. The monoisotopic (exact) mass is 475 g/mol. The van der Waals surface area contributed by atoms with Crippen molar-refractivity contribution in [1.29, 1.82) is 0 Å². The second-order valence-electron chi connectivity index (χ2n) is 9.15. The molecule has 5 heteroatoms. The maximum atomic E-state index is 12.7. The summed E-state index contributed by atoms with van der Waals surface area (Å²) in [5.74, 6) is 0.282. The largest absolute Gasteiger partial charge is 0.432 e. The molecule has 1 N–H and O–H groups in total. The van der Waals surface area contributed by atoms with Crippen LogP contribution in [-0.2, 0) is 4.79 Å². The zero-order valence-electron chi connectivity index (χ0n) is 18.3.